The molecular weight excluding hydrogens is 510 g/mol. The fraction of sp³-hybridized carbons (Fsp3) is 0.143. The Morgan fingerprint density at radius 2 is 1.49 bits per heavy atom. The molecule has 0 aliphatic rings. The van der Waals surface area contributed by atoms with Crippen molar-refractivity contribution in [2.24, 2.45) is 0 Å². The lowest BCUT2D eigenvalue weighted by atomic mass is 10.0. The van der Waals surface area contributed by atoms with Crippen molar-refractivity contribution < 1.29 is 10.2 Å². The third kappa shape index (κ3) is 5.00. The molecule has 0 radical (unpaired) electrons. The van der Waals surface area contributed by atoms with Crippen molar-refractivity contribution in [2.75, 3.05) is 0 Å². The van der Waals surface area contributed by atoms with Gasteiger partial charge in [-0.1, -0.05) is 49.4 Å². The molecule has 0 aliphatic carbocycles. The first-order chi connectivity index (χ1) is 19.6. The zero-order chi connectivity index (χ0) is 29.4. The molecule has 2 aromatic heterocycles. The predicted molar refractivity (Wildman–Crippen MR) is 170 cm³/mol. The van der Waals surface area contributed by atoms with Gasteiger partial charge < -0.3 is 19.8 Å². The summed E-state index contributed by atoms with van der Waals surface area (Å²) in [5.41, 5.74) is 8.17. The van der Waals surface area contributed by atoms with Gasteiger partial charge in [0.15, 0.2) is 5.43 Å². The van der Waals surface area contributed by atoms with Crippen LogP contribution in [0.2, 0.25) is 0 Å². The Hall–Kier alpha value is -5.10. The highest BCUT2D eigenvalue weighted by Crippen LogP contribution is 2.27. The zero-order valence-electron chi connectivity index (χ0n) is 23.5. The van der Waals surface area contributed by atoms with Crippen LogP contribution in [0.25, 0.3) is 49.4 Å². The van der Waals surface area contributed by atoms with Crippen LogP contribution in [-0.4, -0.2) is 19.8 Å². The van der Waals surface area contributed by atoms with E-state index < -0.39 is 0 Å². The van der Waals surface area contributed by atoms with Gasteiger partial charge >= 0.3 is 0 Å². The lowest BCUT2D eigenvalue weighted by molar-refractivity contribution is 0.476. The van der Waals surface area contributed by atoms with Crippen LogP contribution in [-0.2, 0) is 13.0 Å². The molecule has 0 unspecified atom stereocenters. The Labute approximate surface area is 237 Å². The van der Waals surface area contributed by atoms with Crippen LogP contribution >= 0.6 is 0 Å². The number of aromatic amines is 1. The lowest BCUT2D eigenvalue weighted by Gasteiger charge is -2.18. The minimum Gasteiger partial charge on any atom is -0.516 e. The number of hydrogen-bond acceptors (Lipinski definition) is 4. The maximum atomic E-state index is 13.6. The number of pyridine rings is 2. The van der Waals surface area contributed by atoms with E-state index in [1.807, 2.05) is 62.4 Å². The average Bonchev–Trinajstić information content (AvgIpc) is 2.95. The second-order valence-corrected chi connectivity index (χ2v) is 10.4. The number of aryl methyl sites for hydroxylation is 3. The second-order valence-electron chi connectivity index (χ2n) is 10.4. The van der Waals surface area contributed by atoms with Crippen molar-refractivity contribution in [1.82, 2.24) is 9.55 Å². The average molecular weight is 544 g/mol. The maximum Gasteiger partial charge on any atom is 0.197 e. The molecule has 2 heterocycles. The number of aliphatic hydroxyl groups is 2. The standard InChI is InChI=1S/C33H29N3O2.C2H4O/c1-5-21-12-22(14-23(13-21)20(4)37)17-36-30-9-7-19(3)11-26(30)32(34)27-15-29-25(16-31(27)36)33(38)24-10-18(2)6-8-28(24)35-29;1-2-3/h6-16,34,37H,4-5,17H2,1-3H3,(H,35,38);2-3H,1H2. The highest BCUT2D eigenvalue weighted by Gasteiger charge is 2.15. The summed E-state index contributed by atoms with van der Waals surface area (Å²) in [4.78, 5) is 17.1. The van der Waals surface area contributed by atoms with Crippen molar-refractivity contribution in [3.63, 3.8) is 0 Å². The molecule has 6 heteroatoms. The van der Waals surface area contributed by atoms with Gasteiger partial charge in [0.25, 0.3) is 0 Å². The Balaban J connectivity index is 0.00000108. The SMILES string of the molecule is C=C(O)c1cc(CC)cc(Cn2c3ccc(C)cc3c(=N)c3cc4[nH]c5ccc(C)cc5c(=O)c4cc32)c1.C=CO. The molecule has 4 N–H and O–H groups in total. The first-order valence-electron chi connectivity index (χ1n) is 13.5. The number of hydrogen-bond donors (Lipinski definition) is 4. The molecule has 41 heavy (non-hydrogen) atoms. The number of H-pyrrole nitrogens is 1. The van der Waals surface area contributed by atoms with Gasteiger partial charge in [-0.25, -0.2) is 0 Å². The zero-order valence-corrected chi connectivity index (χ0v) is 23.5. The Morgan fingerprint density at radius 3 is 2.17 bits per heavy atom. The molecule has 206 valence electrons. The number of rotatable bonds is 4. The molecule has 0 bridgehead atoms. The van der Waals surface area contributed by atoms with Gasteiger partial charge in [-0.2, -0.15) is 0 Å². The van der Waals surface area contributed by atoms with Crippen LogP contribution in [0.4, 0.5) is 0 Å². The summed E-state index contributed by atoms with van der Waals surface area (Å²) in [6.45, 7) is 13.3. The summed E-state index contributed by atoms with van der Waals surface area (Å²) in [5.74, 6) is 0.0399. The first kappa shape index (κ1) is 27.5. The summed E-state index contributed by atoms with van der Waals surface area (Å²) >= 11 is 0. The van der Waals surface area contributed by atoms with E-state index >= 15 is 0 Å². The smallest absolute Gasteiger partial charge is 0.197 e. The molecule has 4 aromatic carbocycles. The summed E-state index contributed by atoms with van der Waals surface area (Å²) in [6, 6.07) is 21.9. The fourth-order valence-electron chi connectivity index (χ4n) is 5.49. The van der Waals surface area contributed by atoms with E-state index in [0.717, 1.165) is 67.8 Å². The van der Waals surface area contributed by atoms with Crippen molar-refractivity contribution in [2.45, 2.75) is 33.7 Å². The van der Waals surface area contributed by atoms with Gasteiger partial charge in [-0.3, -0.25) is 10.2 Å². The fourth-order valence-corrected chi connectivity index (χ4v) is 5.49. The van der Waals surface area contributed by atoms with Crippen molar-refractivity contribution in [3.05, 3.63) is 130 Å². The highest BCUT2D eigenvalue weighted by atomic mass is 16.3. The summed E-state index contributed by atoms with van der Waals surface area (Å²) in [6.07, 6.45) is 1.58. The van der Waals surface area contributed by atoms with Gasteiger partial charge in [-0.05, 0) is 79.9 Å². The van der Waals surface area contributed by atoms with Crippen LogP contribution in [0, 0.1) is 19.3 Å². The molecule has 0 saturated heterocycles. The first-order valence-corrected chi connectivity index (χ1v) is 13.5. The van der Waals surface area contributed by atoms with Crippen LogP contribution in [0.15, 0.2) is 90.9 Å². The van der Waals surface area contributed by atoms with Crippen molar-refractivity contribution in [1.29, 1.82) is 5.41 Å². The normalized spacial score (nSPS) is 11.1. The van der Waals surface area contributed by atoms with E-state index in [4.69, 9.17) is 10.5 Å². The third-order valence-corrected chi connectivity index (χ3v) is 7.48. The van der Waals surface area contributed by atoms with Crippen molar-refractivity contribution >= 4 is 49.4 Å². The van der Waals surface area contributed by atoms with Gasteiger partial charge in [0.1, 0.15) is 5.76 Å². The van der Waals surface area contributed by atoms with Crippen LogP contribution in [0.5, 0.6) is 0 Å². The monoisotopic (exact) mass is 543 g/mol. The van der Waals surface area contributed by atoms with E-state index in [0.29, 0.717) is 28.2 Å². The molecule has 0 spiro atoms. The van der Waals surface area contributed by atoms with E-state index in [2.05, 4.69) is 47.8 Å². The van der Waals surface area contributed by atoms with Crippen LogP contribution < -0.4 is 10.8 Å². The summed E-state index contributed by atoms with van der Waals surface area (Å²) in [5, 5.41) is 29.9. The summed E-state index contributed by atoms with van der Waals surface area (Å²) < 4.78 is 2.18. The minimum absolute atomic E-state index is 0.0201. The maximum absolute atomic E-state index is 13.6. The largest absolute Gasteiger partial charge is 0.516 e. The topological polar surface area (TPSA) is 102 Å². The van der Waals surface area contributed by atoms with Gasteiger partial charge in [0.05, 0.1) is 28.2 Å². The molecule has 6 rings (SSSR count). The van der Waals surface area contributed by atoms with E-state index in [9.17, 15) is 9.90 Å². The molecule has 0 amide bonds. The minimum atomic E-state index is -0.0201. The van der Waals surface area contributed by atoms with Gasteiger partial charge in [-0.15, -0.1) is 0 Å². The molecular formula is C35H33N3O3. The molecule has 0 saturated carbocycles. The number of nitrogens with one attached hydrogen (secondary N) is 2. The van der Waals surface area contributed by atoms with Crippen LogP contribution in [0.1, 0.15) is 34.7 Å². The van der Waals surface area contributed by atoms with Gasteiger partial charge in [0.2, 0.25) is 0 Å². The number of fused-ring (bicyclic) bond motifs is 4. The summed E-state index contributed by atoms with van der Waals surface area (Å²) in [7, 11) is 0. The van der Waals surface area contributed by atoms with Crippen LogP contribution in [0.3, 0.4) is 0 Å². The second kappa shape index (κ2) is 10.8. The van der Waals surface area contributed by atoms with E-state index in [-0.39, 0.29) is 11.2 Å². The number of benzene rings is 4. The Kier molecular flexibility index (Phi) is 7.24. The quantitative estimate of drug-likeness (QED) is 0.135. The molecule has 0 aliphatic heterocycles. The van der Waals surface area contributed by atoms with E-state index in [1.54, 1.807) is 0 Å². The molecule has 6 nitrogen and oxygen atoms in total. The highest BCUT2D eigenvalue weighted by molar-refractivity contribution is 6.03. The molecule has 0 atom stereocenters. The van der Waals surface area contributed by atoms with Gasteiger partial charge in [0, 0.05) is 39.2 Å². The Bertz CT molecular complexity index is 2130. The molecule has 0 fully saturated rings. The Morgan fingerprint density at radius 1 is 0.878 bits per heavy atom. The number of nitrogens with zero attached hydrogens (tertiary/aromatic N) is 1. The third-order valence-electron chi connectivity index (χ3n) is 7.48. The molecule has 6 aromatic rings. The number of aliphatic hydroxyl groups excluding tert-OH is 2. The van der Waals surface area contributed by atoms with E-state index in [1.165, 1.54) is 0 Å². The lowest BCUT2D eigenvalue weighted by Crippen LogP contribution is -2.14. The predicted octanol–water partition coefficient (Wildman–Crippen LogP) is 7.71. The van der Waals surface area contributed by atoms with Crippen molar-refractivity contribution in [3.8, 4) is 0 Å². The number of aromatic nitrogens is 2.